The molecule has 0 aliphatic carbocycles. The molecule has 7 heteroatoms. The Bertz CT molecular complexity index is 807. The Labute approximate surface area is 118 Å². The first-order valence-electron chi connectivity index (χ1n) is 6.02. The van der Waals surface area contributed by atoms with E-state index < -0.39 is 11.6 Å². The maximum absolute atomic E-state index is 14.0. The van der Waals surface area contributed by atoms with Crippen LogP contribution < -0.4 is 5.73 Å². The summed E-state index contributed by atoms with van der Waals surface area (Å²) in [7, 11) is 0. The molecule has 0 aliphatic heterocycles. The molecule has 21 heavy (non-hydrogen) atoms. The van der Waals surface area contributed by atoms with Crippen LogP contribution in [0, 0.1) is 11.6 Å². The van der Waals surface area contributed by atoms with Crippen LogP contribution in [0.1, 0.15) is 0 Å². The fourth-order valence-electron chi connectivity index (χ4n) is 1.93. The molecule has 0 aliphatic rings. The van der Waals surface area contributed by atoms with Crippen molar-refractivity contribution < 1.29 is 8.78 Å². The van der Waals surface area contributed by atoms with Gasteiger partial charge in [0.2, 0.25) is 5.95 Å². The molecule has 2 N–H and O–H groups in total. The van der Waals surface area contributed by atoms with Crippen LogP contribution in [-0.4, -0.2) is 20.2 Å². The van der Waals surface area contributed by atoms with E-state index in [0.29, 0.717) is 0 Å². The van der Waals surface area contributed by atoms with E-state index in [-0.39, 0.29) is 28.5 Å². The largest absolute Gasteiger partial charge is 0.366 e. The highest BCUT2D eigenvalue weighted by Crippen LogP contribution is 2.31. The molecule has 2 aromatic heterocycles. The molecule has 2 heterocycles. The second kappa shape index (κ2) is 5.20. The van der Waals surface area contributed by atoms with E-state index in [4.69, 9.17) is 5.73 Å². The van der Waals surface area contributed by atoms with Crippen LogP contribution in [0.3, 0.4) is 0 Å². The Morgan fingerprint density at radius 3 is 2.38 bits per heavy atom. The second-order valence-electron chi connectivity index (χ2n) is 4.20. The number of hydrogen-bond donors (Lipinski definition) is 1. The average molecular weight is 285 g/mol. The van der Waals surface area contributed by atoms with Gasteiger partial charge in [-0.1, -0.05) is 12.1 Å². The number of rotatable bonds is 2. The van der Waals surface area contributed by atoms with Gasteiger partial charge in [0.1, 0.15) is 17.2 Å². The van der Waals surface area contributed by atoms with Gasteiger partial charge in [0.05, 0.1) is 6.20 Å². The number of benzene rings is 1. The molecule has 0 amide bonds. The van der Waals surface area contributed by atoms with Gasteiger partial charge >= 0.3 is 0 Å². The molecule has 0 unspecified atom stereocenters. The maximum atomic E-state index is 14.0. The number of nitrogen functional groups attached to an aromatic ring is 1. The predicted octanol–water partition coefficient (Wildman–Crippen LogP) is 2.46. The fraction of sp³-hybridized carbons (Fsp3) is 0. The van der Waals surface area contributed by atoms with Gasteiger partial charge in [-0.3, -0.25) is 4.98 Å². The number of nitrogens with zero attached hydrogens (tertiary/aromatic N) is 4. The zero-order valence-electron chi connectivity index (χ0n) is 10.7. The first-order valence-corrected chi connectivity index (χ1v) is 6.02. The highest BCUT2D eigenvalue weighted by Gasteiger charge is 2.18. The van der Waals surface area contributed by atoms with Gasteiger partial charge in [0, 0.05) is 17.3 Å². The van der Waals surface area contributed by atoms with Crippen LogP contribution in [0.4, 0.5) is 14.7 Å². The summed E-state index contributed by atoms with van der Waals surface area (Å²) in [5.41, 5.74) is 6.05. The average Bonchev–Trinajstić information content (AvgIpc) is 2.49. The molecule has 104 valence electrons. The van der Waals surface area contributed by atoms with Crippen molar-refractivity contribution in [3.8, 4) is 22.5 Å². The van der Waals surface area contributed by atoms with Gasteiger partial charge in [-0.2, -0.15) is 0 Å². The van der Waals surface area contributed by atoms with E-state index in [2.05, 4.69) is 20.2 Å². The standard InChI is InChI=1S/C14H9F2N5/c15-10-4-2-1-3-8(10)12-13(20-21-14(17)19-12)9-5-6-18-7-11(9)16/h1-7H,(H2,17,19,21). The number of halogens is 2. The lowest BCUT2D eigenvalue weighted by atomic mass is 10.0. The van der Waals surface area contributed by atoms with Crippen LogP contribution in [0.25, 0.3) is 22.5 Å². The number of pyridine rings is 1. The van der Waals surface area contributed by atoms with E-state index in [0.717, 1.165) is 6.20 Å². The van der Waals surface area contributed by atoms with Crippen LogP contribution >= 0.6 is 0 Å². The lowest BCUT2D eigenvalue weighted by Crippen LogP contribution is -2.04. The second-order valence-corrected chi connectivity index (χ2v) is 4.20. The minimum Gasteiger partial charge on any atom is -0.366 e. The van der Waals surface area contributed by atoms with E-state index in [9.17, 15) is 8.78 Å². The summed E-state index contributed by atoms with van der Waals surface area (Å²) in [6.45, 7) is 0. The van der Waals surface area contributed by atoms with Gasteiger partial charge in [0.25, 0.3) is 0 Å². The van der Waals surface area contributed by atoms with E-state index >= 15 is 0 Å². The predicted molar refractivity (Wildman–Crippen MR) is 72.8 cm³/mol. The fourth-order valence-corrected chi connectivity index (χ4v) is 1.93. The van der Waals surface area contributed by atoms with Gasteiger partial charge in [-0.05, 0) is 18.2 Å². The normalized spacial score (nSPS) is 10.6. The summed E-state index contributed by atoms with van der Waals surface area (Å²) in [5, 5.41) is 7.47. The van der Waals surface area contributed by atoms with Crippen molar-refractivity contribution in [2.24, 2.45) is 0 Å². The van der Waals surface area contributed by atoms with Crippen molar-refractivity contribution >= 4 is 5.95 Å². The Balaban J connectivity index is 2.29. The highest BCUT2D eigenvalue weighted by atomic mass is 19.1. The van der Waals surface area contributed by atoms with Crippen molar-refractivity contribution in [1.82, 2.24) is 20.2 Å². The highest BCUT2D eigenvalue weighted by molar-refractivity contribution is 5.78. The lowest BCUT2D eigenvalue weighted by Gasteiger charge is -2.09. The number of nitrogens with two attached hydrogens (primary N) is 1. The molecule has 0 spiro atoms. The van der Waals surface area contributed by atoms with Crippen LogP contribution in [0.15, 0.2) is 42.7 Å². The maximum Gasteiger partial charge on any atom is 0.240 e. The van der Waals surface area contributed by atoms with E-state index in [1.165, 1.54) is 24.4 Å². The topological polar surface area (TPSA) is 77.6 Å². The van der Waals surface area contributed by atoms with Crippen LogP contribution in [0.5, 0.6) is 0 Å². The molecule has 0 fully saturated rings. The molecule has 3 aromatic rings. The third-order valence-electron chi connectivity index (χ3n) is 2.86. The number of aromatic nitrogens is 4. The molecular weight excluding hydrogens is 276 g/mol. The van der Waals surface area contributed by atoms with E-state index in [1.54, 1.807) is 12.1 Å². The minimum atomic E-state index is -0.601. The molecule has 3 rings (SSSR count). The summed E-state index contributed by atoms with van der Waals surface area (Å²) in [4.78, 5) is 7.66. The third kappa shape index (κ3) is 2.40. The summed E-state index contributed by atoms with van der Waals surface area (Å²) in [5.74, 6) is -1.23. The van der Waals surface area contributed by atoms with Crippen molar-refractivity contribution in [1.29, 1.82) is 0 Å². The molecule has 0 bridgehead atoms. The van der Waals surface area contributed by atoms with Gasteiger partial charge in [-0.25, -0.2) is 13.8 Å². The first-order chi connectivity index (χ1) is 10.2. The monoisotopic (exact) mass is 285 g/mol. The van der Waals surface area contributed by atoms with Crippen LogP contribution in [-0.2, 0) is 0 Å². The molecular formula is C14H9F2N5. The zero-order chi connectivity index (χ0) is 14.8. The first kappa shape index (κ1) is 13.0. The molecule has 0 saturated heterocycles. The Hall–Kier alpha value is -2.96. The third-order valence-corrected chi connectivity index (χ3v) is 2.86. The molecule has 0 radical (unpaired) electrons. The summed E-state index contributed by atoms with van der Waals surface area (Å²) >= 11 is 0. The number of hydrogen-bond acceptors (Lipinski definition) is 5. The molecule has 0 atom stereocenters. The van der Waals surface area contributed by atoms with Crippen LogP contribution in [0.2, 0.25) is 0 Å². The van der Waals surface area contributed by atoms with Crippen molar-refractivity contribution in [3.05, 3.63) is 54.4 Å². The van der Waals surface area contributed by atoms with Gasteiger partial charge in [-0.15, -0.1) is 10.2 Å². The zero-order valence-corrected chi connectivity index (χ0v) is 10.7. The molecule has 1 aromatic carbocycles. The smallest absolute Gasteiger partial charge is 0.240 e. The summed E-state index contributed by atoms with van der Waals surface area (Å²) in [6.07, 6.45) is 2.44. The minimum absolute atomic E-state index is 0.106. The number of anilines is 1. The molecule has 0 saturated carbocycles. The Morgan fingerprint density at radius 1 is 0.857 bits per heavy atom. The van der Waals surface area contributed by atoms with E-state index in [1.807, 2.05) is 0 Å². The van der Waals surface area contributed by atoms with Crippen molar-refractivity contribution in [3.63, 3.8) is 0 Å². The van der Waals surface area contributed by atoms with Crippen molar-refractivity contribution in [2.45, 2.75) is 0 Å². The summed E-state index contributed by atoms with van der Waals surface area (Å²) < 4.78 is 27.9. The Morgan fingerprint density at radius 2 is 1.62 bits per heavy atom. The Kier molecular flexibility index (Phi) is 3.23. The van der Waals surface area contributed by atoms with Gasteiger partial charge < -0.3 is 5.73 Å². The quantitative estimate of drug-likeness (QED) is 0.782. The van der Waals surface area contributed by atoms with Gasteiger partial charge in [0.15, 0.2) is 5.82 Å². The molecule has 5 nitrogen and oxygen atoms in total. The summed E-state index contributed by atoms with van der Waals surface area (Å²) in [6, 6.07) is 7.40. The SMILES string of the molecule is Nc1nnc(-c2ccncc2F)c(-c2ccccc2F)n1. The lowest BCUT2D eigenvalue weighted by molar-refractivity contribution is 0.623. The van der Waals surface area contributed by atoms with Crippen molar-refractivity contribution in [2.75, 3.05) is 5.73 Å².